The number of H-pyrrole nitrogens is 1. The lowest BCUT2D eigenvalue weighted by molar-refractivity contribution is 0.792. The number of hydrogen-bond donors (Lipinski definition) is 2. The maximum absolute atomic E-state index is 5.48. The third-order valence-electron chi connectivity index (χ3n) is 2.51. The molecule has 2 aromatic rings. The van der Waals surface area contributed by atoms with E-state index < -0.39 is 0 Å². The molecular formula is C12H16N4. The van der Waals surface area contributed by atoms with Crippen LogP contribution in [-0.2, 0) is 6.42 Å². The summed E-state index contributed by atoms with van der Waals surface area (Å²) < 4.78 is 0. The molecule has 0 fully saturated rings. The van der Waals surface area contributed by atoms with Crippen LogP contribution >= 0.6 is 0 Å². The quantitative estimate of drug-likeness (QED) is 0.817. The molecule has 0 bridgehead atoms. The third kappa shape index (κ3) is 2.28. The molecule has 0 aliphatic rings. The van der Waals surface area contributed by atoms with Crippen LogP contribution in [0.2, 0.25) is 0 Å². The molecule has 2 aromatic heterocycles. The first-order valence-corrected chi connectivity index (χ1v) is 5.47. The maximum Gasteiger partial charge on any atom is 0.107 e. The van der Waals surface area contributed by atoms with Gasteiger partial charge in [-0.05, 0) is 32.0 Å². The minimum atomic E-state index is 0.699. The molecule has 4 heteroatoms. The van der Waals surface area contributed by atoms with Crippen molar-refractivity contribution in [3.8, 4) is 11.3 Å². The fourth-order valence-corrected chi connectivity index (χ4v) is 1.70. The Morgan fingerprint density at radius 3 is 2.75 bits per heavy atom. The Hall–Kier alpha value is -1.68. The summed E-state index contributed by atoms with van der Waals surface area (Å²) in [4.78, 5) is 11.9. The normalized spacial score (nSPS) is 10.6. The van der Waals surface area contributed by atoms with Crippen LogP contribution in [0.1, 0.15) is 17.9 Å². The lowest BCUT2D eigenvalue weighted by Crippen LogP contribution is -2.01. The summed E-state index contributed by atoms with van der Waals surface area (Å²) in [7, 11) is 0. The van der Waals surface area contributed by atoms with Gasteiger partial charge in [0.1, 0.15) is 5.82 Å². The third-order valence-corrected chi connectivity index (χ3v) is 2.51. The highest BCUT2D eigenvalue weighted by Gasteiger charge is 2.07. The van der Waals surface area contributed by atoms with Crippen molar-refractivity contribution < 1.29 is 0 Å². The highest BCUT2D eigenvalue weighted by molar-refractivity contribution is 5.60. The fraction of sp³-hybridized carbons (Fsp3) is 0.333. The zero-order valence-corrected chi connectivity index (χ0v) is 9.40. The van der Waals surface area contributed by atoms with Crippen LogP contribution in [0.25, 0.3) is 11.3 Å². The summed E-state index contributed by atoms with van der Waals surface area (Å²) in [5.74, 6) is 1.01. The van der Waals surface area contributed by atoms with Crippen molar-refractivity contribution in [2.45, 2.75) is 19.8 Å². The second kappa shape index (κ2) is 4.90. The molecule has 0 saturated carbocycles. The molecule has 0 aromatic carbocycles. The molecule has 0 aliphatic carbocycles. The van der Waals surface area contributed by atoms with E-state index in [0.717, 1.165) is 35.6 Å². The van der Waals surface area contributed by atoms with Crippen molar-refractivity contribution in [3.63, 3.8) is 0 Å². The van der Waals surface area contributed by atoms with Crippen LogP contribution in [0.3, 0.4) is 0 Å². The Kier molecular flexibility index (Phi) is 3.31. The highest BCUT2D eigenvalue weighted by Crippen LogP contribution is 2.20. The molecule has 4 nitrogen and oxygen atoms in total. The number of nitrogens with two attached hydrogens (primary N) is 1. The number of nitrogens with zero attached hydrogens (tertiary/aromatic N) is 2. The van der Waals surface area contributed by atoms with Crippen LogP contribution in [0.15, 0.2) is 24.5 Å². The van der Waals surface area contributed by atoms with E-state index >= 15 is 0 Å². The van der Waals surface area contributed by atoms with Crippen molar-refractivity contribution in [2.75, 3.05) is 6.54 Å². The van der Waals surface area contributed by atoms with Gasteiger partial charge in [0, 0.05) is 30.1 Å². The summed E-state index contributed by atoms with van der Waals surface area (Å²) >= 11 is 0. The Balaban J connectivity index is 2.25. The second-order valence-corrected chi connectivity index (χ2v) is 3.79. The highest BCUT2D eigenvalue weighted by atomic mass is 14.9. The minimum Gasteiger partial charge on any atom is -0.346 e. The molecule has 0 amide bonds. The van der Waals surface area contributed by atoms with Crippen LogP contribution in [0.4, 0.5) is 0 Å². The summed E-state index contributed by atoms with van der Waals surface area (Å²) in [6.07, 6.45) is 5.43. The van der Waals surface area contributed by atoms with Crippen LogP contribution in [0, 0.1) is 6.92 Å². The van der Waals surface area contributed by atoms with Gasteiger partial charge in [-0.1, -0.05) is 0 Å². The predicted octanol–water partition coefficient (Wildman–Crippen LogP) is 1.67. The van der Waals surface area contributed by atoms with Gasteiger partial charge in [-0.15, -0.1) is 0 Å². The first kappa shape index (κ1) is 10.8. The van der Waals surface area contributed by atoms with Crippen molar-refractivity contribution in [1.29, 1.82) is 0 Å². The average Bonchev–Trinajstić information content (AvgIpc) is 2.69. The van der Waals surface area contributed by atoms with Crippen molar-refractivity contribution in [2.24, 2.45) is 5.73 Å². The average molecular weight is 216 g/mol. The van der Waals surface area contributed by atoms with Gasteiger partial charge < -0.3 is 10.7 Å². The molecule has 3 N–H and O–H groups in total. The monoisotopic (exact) mass is 216 g/mol. The predicted molar refractivity (Wildman–Crippen MR) is 63.9 cm³/mol. The summed E-state index contributed by atoms with van der Waals surface area (Å²) in [6, 6.07) is 3.94. The molecule has 0 saturated heterocycles. The first-order chi connectivity index (χ1) is 7.81. The van der Waals surface area contributed by atoms with Gasteiger partial charge in [-0.25, -0.2) is 4.98 Å². The molecule has 2 rings (SSSR count). The molecule has 0 aliphatic heterocycles. The number of pyridine rings is 1. The molecular weight excluding hydrogens is 200 g/mol. The molecule has 84 valence electrons. The number of aromatic nitrogens is 3. The van der Waals surface area contributed by atoms with E-state index in [1.807, 2.05) is 19.1 Å². The van der Waals surface area contributed by atoms with Crippen LogP contribution in [-0.4, -0.2) is 21.5 Å². The molecule has 0 atom stereocenters. The summed E-state index contributed by atoms with van der Waals surface area (Å²) in [5, 5.41) is 0. The Labute approximate surface area is 94.9 Å². The lowest BCUT2D eigenvalue weighted by Gasteiger charge is -1.96. The van der Waals surface area contributed by atoms with E-state index in [2.05, 4.69) is 15.0 Å². The molecule has 16 heavy (non-hydrogen) atoms. The topological polar surface area (TPSA) is 67.6 Å². The van der Waals surface area contributed by atoms with Gasteiger partial charge >= 0.3 is 0 Å². The van der Waals surface area contributed by atoms with Gasteiger partial charge in [-0.3, -0.25) is 4.98 Å². The zero-order chi connectivity index (χ0) is 11.4. The Bertz CT molecular complexity index is 447. The van der Waals surface area contributed by atoms with Crippen molar-refractivity contribution in [1.82, 2.24) is 15.0 Å². The van der Waals surface area contributed by atoms with Crippen LogP contribution < -0.4 is 5.73 Å². The second-order valence-electron chi connectivity index (χ2n) is 3.79. The number of rotatable bonds is 4. The first-order valence-electron chi connectivity index (χ1n) is 5.47. The maximum atomic E-state index is 5.48. The molecule has 2 heterocycles. The minimum absolute atomic E-state index is 0.699. The zero-order valence-electron chi connectivity index (χ0n) is 9.40. The summed E-state index contributed by atoms with van der Waals surface area (Å²) in [6.45, 7) is 2.74. The van der Waals surface area contributed by atoms with E-state index in [9.17, 15) is 0 Å². The van der Waals surface area contributed by atoms with Crippen molar-refractivity contribution in [3.05, 3.63) is 36.0 Å². The molecule has 0 radical (unpaired) electrons. The van der Waals surface area contributed by atoms with E-state index in [1.54, 1.807) is 12.4 Å². The lowest BCUT2D eigenvalue weighted by atomic mass is 10.2. The van der Waals surface area contributed by atoms with Crippen LogP contribution in [0.5, 0.6) is 0 Å². The smallest absolute Gasteiger partial charge is 0.107 e. The number of aromatic amines is 1. The Morgan fingerprint density at radius 1 is 1.31 bits per heavy atom. The van der Waals surface area contributed by atoms with Crippen molar-refractivity contribution >= 4 is 0 Å². The number of nitrogens with one attached hydrogen (secondary N) is 1. The van der Waals surface area contributed by atoms with Gasteiger partial charge in [0.05, 0.1) is 5.69 Å². The fourth-order valence-electron chi connectivity index (χ4n) is 1.70. The van der Waals surface area contributed by atoms with Gasteiger partial charge in [0.2, 0.25) is 0 Å². The SMILES string of the molecule is Cc1[nH]c(CCCN)nc1-c1ccncc1. The molecule has 0 spiro atoms. The van der Waals surface area contributed by atoms with E-state index in [0.29, 0.717) is 6.54 Å². The summed E-state index contributed by atoms with van der Waals surface area (Å²) in [5.41, 5.74) is 8.69. The van der Waals surface area contributed by atoms with E-state index in [1.165, 1.54) is 0 Å². The Morgan fingerprint density at radius 2 is 2.06 bits per heavy atom. The van der Waals surface area contributed by atoms with E-state index in [-0.39, 0.29) is 0 Å². The largest absolute Gasteiger partial charge is 0.346 e. The number of imidazole rings is 1. The van der Waals surface area contributed by atoms with Gasteiger partial charge in [-0.2, -0.15) is 0 Å². The number of hydrogen-bond acceptors (Lipinski definition) is 3. The van der Waals surface area contributed by atoms with Gasteiger partial charge in [0.15, 0.2) is 0 Å². The van der Waals surface area contributed by atoms with Gasteiger partial charge in [0.25, 0.3) is 0 Å². The standard InChI is InChI=1S/C12H16N4/c1-9-12(10-4-7-14-8-5-10)16-11(15-9)3-2-6-13/h4-5,7-8H,2-3,6,13H2,1H3,(H,15,16). The number of aryl methyl sites for hydroxylation is 2. The molecule has 0 unspecified atom stereocenters. The van der Waals surface area contributed by atoms with E-state index in [4.69, 9.17) is 5.73 Å².